The summed E-state index contributed by atoms with van der Waals surface area (Å²) in [6.07, 6.45) is 6.46. The van der Waals surface area contributed by atoms with Crippen LogP contribution in [0.5, 0.6) is 5.75 Å². The van der Waals surface area contributed by atoms with Crippen LogP contribution in [-0.4, -0.2) is 51.5 Å². The average molecular weight is 409 g/mol. The minimum Gasteiger partial charge on any atom is -0.508 e. The predicted octanol–water partition coefficient (Wildman–Crippen LogP) is 4.46. The van der Waals surface area contributed by atoms with E-state index in [0.29, 0.717) is 17.2 Å². The molecule has 0 bridgehead atoms. The fourth-order valence-electron chi connectivity index (χ4n) is 3.72. The van der Waals surface area contributed by atoms with Crippen LogP contribution >= 0.6 is 11.8 Å². The lowest BCUT2D eigenvalue weighted by atomic mass is 9.96. The van der Waals surface area contributed by atoms with Crippen molar-refractivity contribution in [3.63, 3.8) is 0 Å². The molecule has 1 unspecified atom stereocenters. The molecule has 1 aliphatic heterocycles. The number of aromatic nitrogens is 1. The predicted molar refractivity (Wildman–Crippen MR) is 118 cm³/mol. The number of carbonyl (C=O) groups is 1. The molecule has 6 heteroatoms. The van der Waals surface area contributed by atoms with E-state index in [-0.39, 0.29) is 0 Å². The van der Waals surface area contributed by atoms with Gasteiger partial charge in [0.25, 0.3) is 0 Å². The van der Waals surface area contributed by atoms with Crippen LogP contribution in [0.1, 0.15) is 27.4 Å². The molecule has 0 saturated heterocycles. The second-order valence-corrected chi connectivity index (χ2v) is 8.42. The Labute approximate surface area is 174 Å². The molecule has 0 amide bonds. The molecule has 4 rings (SSSR count). The maximum atomic E-state index is 11.1. The smallest absolute Gasteiger partial charge is 0.335 e. The third kappa shape index (κ3) is 4.66. The van der Waals surface area contributed by atoms with E-state index in [1.807, 2.05) is 36.2 Å². The van der Waals surface area contributed by atoms with Crippen molar-refractivity contribution in [3.8, 4) is 5.75 Å². The number of H-pyrrole nitrogens is 1. The van der Waals surface area contributed by atoms with Gasteiger partial charge in [0, 0.05) is 54.2 Å². The zero-order chi connectivity index (χ0) is 20.2. The number of nitrogens with zero attached hydrogens (tertiary/aromatic N) is 1. The summed E-state index contributed by atoms with van der Waals surface area (Å²) >= 11 is 1.89. The van der Waals surface area contributed by atoms with Crippen LogP contribution in [0.2, 0.25) is 0 Å². The molecule has 3 aromatic rings. The molecule has 0 fully saturated rings. The fourth-order valence-corrected chi connectivity index (χ4v) is 4.71. The number of carboxylic acids is 1. The lowest BCUT2D eigenvalue weighted by Crippen LogP contribution is -2.33. The maximum Gasteiger partial charge on any atom is 0.335 e. The number of hydrogen-bond acceptors (Lipinski definition) is 4. The molecule has 0 radical (unpaired) electrons. The second kappa shape index (κ2) is 8.76. The van der Waals surface area contributed by atoms with Gasteiger partial charge in [-0.25, -0.2) is 4.79 Å². The molecule has 0 spiro atoms. The number of fused-ring (bicyclic) bond motifs is 1. The van der Waals surface area contributed by atoms with Crippen LogP contribution in [0.3, 0.4) is 0 Å². The Hall–Kier alpha value is -2.70. The van der Waals surface area contributed by atoms with Gasteiger partial charge in [0.05, 0.1) is 5.56 Å². The Morgan fingerprint density at radius 3 is 2.83 bits per heavy atom. The Morgan fingerprint density at radius 2 is 2.03 bits per heavy atom. The number of thioether (sulfide) groups is 1. The summed E-state index contributed by atoms with van der Waals surface area (Å²) in [5.74, 6) is 1.70. The van der Waals surface area contributed by atoms with Crippen molar-refractivity contribution >= 4 is 28.6 Å². The molecule has 1 atom stereocenters. The second-order valence-electron chi connectivity index (χ2n) is 7.32. The normalized spacial score (nSPS) is 17.0. The van der Waals surface area contributed by atoms with Gasteiger partial charge in [0.1, 0.15) is 5.75 Å². The number of phenolic OH excluding ortho intramolecular Hbond substituents is 1. The molecule has 0 saturated carbocycles. The first kappa shape index (κ1) is 19.6. The minimum absolute atomic E-state index is 0.304. The number of benzene rings is 2. The standard InChI is InChI=1S/C23H24N2O3S/c26-20-6-3-16(4-7-20)18-2-1-9-25(14-18)10-11-29-15-19-13-24-22-12-17(23(27)28)5-8-21(19)22/h1-8,12-13,18,24,26H,9-11,14-15H2,(H,27,28). The lowest BCUT2D eigenvalue weighted by molar-refractivity contribution is 0.0697. The SMILES string of the molecule is O=C(O)c1ccc2c(CSCCN3CC=CC(c4ccc(O)cc4)C3)c[nH]c2c1. The molecule has 0 aliphatic carbocycles. The summed E-state index contributed by atoms with van der Waals surface area (Å²) in [5, 5.41) is 19.7. The molecule has 1 aliphatic rings. The van der Waals surface area contributed by atoms with Crippen molar-refractivity contribution in [2.45, 2.75) is 11.7 Å². The van der Waals surface area contributed by atoms with Gasteiger partial charge in [0.2, 0.25) is 0 Å². The highest BCUT2D eigenvalue weighted by molar-refractivity contribution is 7.98. The zero-order valence-electron chi connectivity index (χ0n) is 16.0. The van der Waals surface area contributed by atoms with E-state index < -0.39 is 5.97 Å². The van der Waals surface area contributed by atoms with E-state index in [2.05, 4.69) is 22.0 Å². The van der Waals surface area contributed by atoms with Gasteiger partial charge in [-0.2, -0.15) is 11.8 Å². The lowest BCUT2D eigenvalue weighted by Gasteiger charge is -2.29. The van der Waals surface area contributed by atoms with Crippen LogP contribution in [0.4, 0.5) is 0 Å². The van der Waals surface area contributed by atoms with Crippen LogP contribution in [0.25, 0.3) is 10.9 Å². The number of rotatable bonds is 7. The molecule has 5 nitrogen and oxygen atoms in total. The molecule has 1 aromatic heterocycles. The molecule has 2 heterocycles. The quantitative estimate of drug-likeness (QED) is 0.397. The van der Waals surface area contributed by atoms with E-state index in [1.54, 1.807) is 24.3 Å². The zero-order valence-corrected chi connectivity index (χ0v) is 16.9. The van der Waals surface area contributed by atoms with Crippen molar-refractivity contribution in [3.05, 3.63) is 77.5 Å². The number of aromatic hydroxyl groups is 1. The third-order valence-electron chi connectivity index (χ3n) is 5.33. The van der Waals surface area contributed by atoms with Crippen molar-refractivity contribution < 1.29 is 15.0 Å². The molecular weight excluding hydrogens is 384 g/mol. The van der Waals surface area contributed by atoms with Gasteiger partial charge >= 0.3 is 5.97 Å². The summed E-state index contributed by atoms with van der Waals surface area (Å²) < 4.78 is 0. The number of aromatic carboxylic acids is 1. The van der Waals surface area contributed by atoms with Crippen molar-refractivity contribution in [1.29, 1.82) is 0 Å². The van der Waals surface area contributed by atoms with Crippen LogP contribution in [-0.2, 0) is 5.75 Å². The van der Waals surface area contributed by atoms with Crippen molar-refractivity contribution in [2.24, 2.45) is 0 Å². The first-order valence-electron chi connectivity index (χ1n) is 9.69. The Kier molecular flexibility index (Phi) is 5.92. The monoisotopic (exact) mass is 408 g/mol. The number of aromatic amines is 1. The number of hydrogen-bond donors (Lipinski definition) is 3. The number of carboxylic acid groups (broad SMARTS) is 1. The first-order chi connectivity index (χ1) is 14.1. The summed E-state index contributed by atoms with van der Waals surface area (Å²) in [6, 6.07) is 12.7. The molecular formula is C23H24N2O3S. The minimum atomic E-state index is -0.904. The molecule has 3 N–H and O–H groups in total. The maximum absolute atomic E-state index is 11.1. The van der Waals surface area contributed by atoms with Crippen LogP contribution in [0, 0.1) is 0 Å². The van der Waals surface area contributed by atoms with E-state index in [9.17, 15) is 9.90 Å². The summed E-state index contributed by atoms with van der Waals surface area (Å²) in [5.41, 5.74) is 3.62. The van der Waals surface area contributed by atoms with Crippen molar-refractivity contribution in [1.82, 2.24) is 9.88 Å². The topological polar surface area (TPSA) is 76.6 Å². The molecule has 29 heavy (non-hydrogen) atoms. The average Bonchev–Trinajstić information content (AvgIpc) is 3.14. The van der Waals surface area contributed by atoms with Gasteiger partial charge in [-0.1, -0.05) is 30.4 Å². The van der Waals surface area contributed by atoms with Crippen molar-refractivity contribution in [2.75, 3.05) is 25.4 Å². The molecule has 2 aromatic carbocycles. The van der Waals surface area contributed by atoms with E-state index in [4.69, 9.17) is 5.11 Å². The van der Waals surface area contributed by atoms with Crippen LogP contribution < -0.4 is 0 Å². The highest BCUT2D eigenvalue weighted by Gasteiger charge is 2.17. The van der Waals surface area contributed by atoms with Gasteiger partial charge in [0.15, 0.2) is 0 Å². The first-order valence-corrected chi connectivity index (χ1v) is 10.8. The number of phenols is 1. The Balaban J connectivity index is 1.28. The Morgan fingerprint density at radius 1 is 1.21 bits per heavy atom. The largest absolute Gasteiger partial charge is 0.508 e. The third-order valence-corrected chi connectivity index (χ3v) is 6.32. The van der Waals surface area contributed by atoms with E-state index in [0.717, 1.165) is 42.0 Å². The van der Waals surface area contributed by atoms with Gasteiger partial charge < -0.3 is 15.2 Å². The highest BCUT2D eigenvalue weighted by Crippen LogP contribution is 2.26. The summed E-state index contributed by atoms with van der Waals surface area (Å²) in [4.78, 5) is 16.7. The van der Waals surface area contributed by atoms with E-state index in [1.165, 1.54) is 11.1 Å². The summed E-state index contributed by atoms with van der Waals surface area (Å²) in [6.45, 7) is 2.99. The Bertz CT molecular complexity index is 1030. The molecule has 150 valence electrons. The van der Waals surface area contributed by atoms with Gasteiger partial charge in [-0.3, -0.25) is 4.90 Å². The highest BCUT2D eigenvalue weighted by atomic mass is 32.2. The van der Waals surface area contributed by atoms with E-state index >= 15 is 0 Å². The van der Waals surface area contributed by atoms with Crippen LogP contribution in [0.15, 0.2) is 60.8 Å². The fraction of sp³-hybridized carbons (Fsp3) is 0.261. The summed E-state index contributed by atoms with van der Waals surface area (Å²) in [7, 11) is 0. The van der Waals surface area contributed by atoms with Gasteiger partial charge in [-0.15, -0.1) is 0 Å². The van der Waals surface area contributed by atoms with Gasteiger partial charge in [-0.05, 0) is 35.4 Å². The number of nitrogens with one attached hydrogen (secondary N) is 1.